The van der Waals surface area contributed by atoms with E-state index >= 15 is 0 Å². The fourth-order valence-electron chi connectivity index (χ4n) is 8.42. The number of nitrogens with zero attached hydrogens (tertiary/aromatic N) is 7. The molecule has 0 saturated heterocycles. The molecule has 0 radical (unpaired) electrons. The third-order valence-electron chi connectivity index (χ3n) is 13.4. The number of aromatic nitrogens is 6. The molecule has 6 N–H and O–H groups in total. The number of methoxy groups -OCH3 is 2. The molecule has 0 spiro atoms. The number of hydrogen-bond acceptors (Lipinski definition) is 26. The van der Waals surface area contributed by atoms with Gasteiger partial charge in [0.25, 0.3) is 5.91 Å². The number of ether oxygens (including phenoxy) is 17. The number of nitrogens with two attached hydrogens (primary N) is 1. The number of carbonyl (C=O) groups excluding carboxylic acids is 5. The van der Waals surface area contributed by atoms with Crippen molar-refractivity contribution in [3.8, 4) is 0 Å². The molecule has 3 rings (SSSR count). The lowest BCUT2D eigenvalue weighted by molar-refractivity contribution is -0.128. The zero-order valence-electron chi connectivity index (χ0n) is 59.0. The Morgan fingerprint density at radius 2 is 0.888 bits per heavy atom. The second kappa shape index (κ2) is 55.6. The number of carbonyl (C=O) groups is 5. The first kappa shape index (κ1) is 86.0. The third kappa shape index (κ3) is 44.0. The Hall–Kier alpha value is -6.19. The summed E-state index contributed by atoms with van der Waals surface area (Å²) in [5, 5.41) is 28.1. The molecule has 2 atom stereocenters. The van der Waals surface area contributed by atoms with Crippen molar-refractivity contribution in [1.29, 1.82) is 0 Å². The van der Waals surface area contributed by atoms with Gasteiger partial charge >= 0.3 is 12.1 Å². The second-order valence-electron chi connectivity index (χ2n) is 23.0. The average Bonchev–Trinajstić information content (AvgIpc) is 1.20. The van der Waals surface area contributed by atoms with Gasteiger partial charge < -0.3 is 112 Å². The Bertz CT molecular complexity index is 2460. The van der Waals surface area contributed by atoms with Crippen molar-refractivity contribution >= 4 is 35.5 Å². The Morgan fingerprint density at radius 1 is 0.520 bits per heavy atom. The number of hydrogen-bond donors (Lipinski definition) is 5. The molecule has 0 aliphatic carbocycles. The predicted molar refractivity (Wildman–Crippen MR) is 355 cm³/mol. The Morgan fingerprint density at radius 3 is 1.23 bits per heavy atom. The molecular formula is C64H112N12O22. The van der Waals surface area contributed by atoms with Gasteiger partial charge in [-0.15, -0.1) is 10.2 Å². The first-order valence-electron chi connectivity index (χ1n) is 33.4. The van der Waals surface area contributed by atoms with Crippen LogP contribution in [0.25, 0.3) is 0 Å². The smallest absolute Gasteiger partial charge is 0.408 e. The van der Waals surface area contributed by atoms with Gasteiger partial charge in [-0.2, -0.15) is 0 Å². The van der Waals surface area contributed by atoms with E-state index in [1.807, 2.05) is 0 Å². The van der Waals surface area contributed by atoms with Crippen molar-refractivity contribution in [3.63, 3.8) is 0 Å². The van der Waals surface area contributed by atoms with Crippen LogP contribution in [0.3, 0.4) is 0 Å². The van der Waals surface area contributed by atoms with Crippen LogP contribution in [0.2, 0.25) is 0 Å². The van der Waals surface area contributed by atoms with E-state index in [0.717, 1.165) is 0 Å². The maximum Gasteiger partial charge on any atom is 0.408 e. The molecule has 6 amide bonds. The van der Waals surface area contributed by atoms with E-state index in [9.17, 15) is 24.0 Å². The van der Waals surface area contributed by atoms with Crippen LogP contribution in [0.5, 0.6) is 0 Å². The summed E-state index contributed by atoms with van der Waals surface area (Å²) >= 11 is 0. The van der Waals surface area contributed by atoms with Crippen LogP contribution in [0.1, 0.15) is 74.8 Å². The monoisotopic (exact) mass is 1400 g/mol. The van der Waals surface area contributed by atoms with Gasteiger partial charge in [0.1, 0.15) is 29.1 Å². The van der Waals surface area contributed by atoms with E-state index in [0.29, 0.717) is 228 Å². The van der Waals surface area contributed by atoms with Crippen LogP contribution in [0, 0.1) is 12.8 Å². The van der Waals surface area contributed by atoms with E-state index in [2.05, 4.69) is 41.9 Å². The highest BCUT2D eigenvalue weighted by atomic mass is 16.6. The van der Waals surface area contributed by atoms with Crippen molar-refractivity contribution in [2.75, 3.05) is 224 Å². The number of anilines is 1. The van der Waals surface area contributed by atoms with Crippen molar-refractivity contribution in [2.24, 2.45) is 11.7 Å². The van der Waals surface area contributed by atoms with Gasteiger partial charge in [0.05, 0.1) is 237 Å². The lowest BCUT2D eigenvalue weighted by Crippen LogP contribution is -2.55. The molecule has 0 unspecified atom stereocenters. The zero-order valence-corrected chi connectivity index (χ0v) is 59.0. The summed E-state index contributed by atoms with van der Waals surface area (Å²) in [6, 6.07) is 1.90. The van der Waals surface area contributed by atoms with Crippen LogP contribution < -0.4 is 27.0 Å². The van der Waals surface area contributed by atoms with Crippen molar-refractivity contribution in [2.45, 2.75) is 98.2 Å². The Kier molecular flexibility index (Phi) is 48.8. The van der Waals surface area contributed by atoms with Gasteiger partial charge in [0, 0.05) is 32.0 Å². The van der Waals surface area contributed by atoms with Gasteiger partial charge in [0.15, 0.2) is 0 Å². The largest absolute Gasteiger partial charge is 0.444 e. The number of urea groups is 1. The highest BCUT2D eigenvalue weighted by molar-refractivity contribution is 6.01. The zero-order chi connectivity index (χ0) is 71.1. The van der Waals surface area contributed by atoms with E-state index in [-0.39, 0.29) is 43.7 Å². The minimum absolute atomic E-state index is 0.00654. The fourth-order valence-corrected chi connectivity index (χ4v) is 8.42. The van der Waals surface area contributed by atoms with Crippen LogP contribution in [0.15, 0.2) is 30.6 Å². The Balaban J connectivity index is 1.54. The van der Waals surface area contributed by atoms with Gasteiger partial charge in [-0.05, 0) is 64.2 Å². The number of aryl methyl sites for hydroxylation is 1. The summed E-state index contributed by atoms with van der Waals surface area (Å²) in [7, 11) is 3.26. The molecule has 0 aliphatic heterocycles. The Labute approximate surface area is 576 Å². The highest BCUT2D eigenvalue weighted by Gasteiger charge is 2.31. The molecule has 98 heavy (non-hydrogen) atoms. The summed E-state index contributed by atoms with van der Waals surface area (Å²) in [6.07, 6.45) is 2.96. The topological polar surface area (TPSA) is 381 Å². The minimum atomic E-state index is -1.15. The molecule has 34 nitrogen and oxygen atoms in total. The molecule has 0 saturated carbocycles. The molecule has 2 heterocycles. The molecule has 2 aromatic heterocycles. The number of benzene rings is 1. The minimum Gasteiger partial charge on any atom is -0.444 e. The molecular weight excluding hydrogens is 1290 g/mol. The first-order chi connectivity index (χ1) is 47.5. The predicted octanol–water partition coefficient (Wildman–Crippen LogP) is 1.97. The lowest BCUT2D eigenvalue weighted by Gasteiger charge is -2.27. The first-order valence-corrected chi connectivity index (χ1v) is 33.4. The number of rotatable bonds is 63. The lowest BCUT2D eigenvalue weighted by atomic mass is 10.0. The SMILES string of the molecule is COCCOCCOCCOCCOCCOCCOCCOCCn1cc(CN(Cc2cn(CCOCCOCCOCCOCCOCCOCCOCCOC)nn2)C(=O)c2cc(NC(=O)[C@H](CCCNC(N)=O)NC(=O)[C@@H](NC(=O)OC(C)(C)C)C(C)C)ccc2C)nn1. The number of nitrogens with one attached hydrogen (secondary N) is 4. The maximum absolute atomic E-state index is 14.9. The molecule has 0 bridgehead atoms. The summed E-state index contributed by atoms with van der Waals surface area (Å²) in [5.74, 6) is -2.08. The van der Waals surface area contributed by atoms with Crippen LogP contribution in [-0.2, 0) is 116 Å². The summed E-state index contributed by atoms with van der Waals surface area (Å²) in [4.78, 5) is 68.6. The quantitative estimate of drug-likeness (QED) is 0.0504. The van der Waals surface area contributed by atoms with Crippen LogP contribution in [0.4, 0.5) is 15.3 Å². The second-order valence-corrected chi connectivity index (χ2v) is 23.0. The van der Waals surface area contributed by atoms with E-state index in [1.54, 1.807) is 101 Å². The molecule has 1 aromatic carbocycles. The van der Waals surface area contributed by atoms with Crippen molar-refractivity contribution in [3.05, 3.63) is 53.1 Å². The number of primary amides is 1. The van der Waals surface area contributed by atoms with Gasteiger partial charge in [-0.3, -0.25) is 14.4 Å². The van der Waals surface area contributed by atoms with Crippen LogP contribution in [-0.4, -0.2) is 301 Å². The van der Waals surface area contributed by atoms with E-state index in [4.69, 9.17) is 86.3 Å². The number of alkyl carbamates (subject to hydrolysis) is 1. The number of amides is 6. The molecule has 3 aromatic rings. The summed E-state index contributed by atoms with van der Waals surface area (Å²) in [5.41, 5.74) is 6.50. The fraction of sp³-hybridized carbons (Fsp3) is 0.766. The highest BCUT2D eigenvalue weighted by Crippen LogP contribution is 2.21. The van der Waals surface area contributed by atoms with Gasteiger partial charge in [-0.25, -0.2) is 19.0 Å². The summed E-state index contributed by atoms with van der Waals surface area (Å²) < 4.78 is 96.2. The summed E-state index contributed by atoms with van der Waals surface area (Å²) in [6.45, 7) is 24.5. The van der Waals surface area contributed by atoms with Crippen LogP contribution >= 0.6 is 0 Å². The van der Waals surface area contributed by atoms with Crippen molar-refractivity contribution in [1.82, 2.24) is 50.8 Å². The third-order valence-corrected chi connectivity index (χ3v) is 13.4. The van der Waals surface area contributed by atoms with Crippen molar-refractivity contribution < 1.29 is 104 Å². The van der Waals surface area contributed by atoms with Gasteiger partial charge in [0.2, 0.25) is 11.8 Å². The molecule has 34 heteroatoms. The van der Waals surface area contributed by atoms with E-state index < -0.39 is 53.4 Å². The standard InChI is InChI=1S/C64H112N12O22/c1-51(2)58(69-63(81)98-64(4,5)6)60(78)68-57(10-9-13-66-62(65)80)59(77)67-53-12-11-52(3)56(46-53)61(79)74(47-54-49-75(72-70-54)14-16-84-22-24-88-30-32-92-38-40-96-44-42-94-36-34-90-28-26-86-20-18-82-7)48-55-50-76(73-71-55)15-17-85-23-25-89-31-33-93-39-41-97-45-43-95-37-35-91-29-27-87-21-19-83-8/h11-12,46,49-51,57-58H,9-10,13-45,47-48H2,1-8H3,(H,67,77)(H,68,78)(H,69,81)(H3,65,66,80)/t57-,58-/m0/s1. The van der Waals surface area contributed by atoms with E-state index in [1.165, 1.54) is 0 Å². The molecule has 560 valence electrons. The average molecular weight is 1400 g/mol. The molecule has 0 aliphatic rings. The molecule has 0 fully saturated rings. The van der Waals surface area contributed by atoms with Gasteiger partial charge in [-0.1, -0.05) is 30.3 Å². The normalized spacial score (nSPS) is 12.3. The maximum atomic E-state index is 14.9.